The van der Waals surface area contributed by atoms with Crippen LogP contribution in [0.3, 0.4) is 0 Å². The van der Waals surface area contributed by atoms with Crippen LogP contribution in [-0.4, -0.2) is 42.7 Å². The second-order valence-corrected chi connectivity index (χ2v) is 6.04. The van der Waals surface area contributed by atoms with Gasteiger partial charge in [-0.1, -0.05) is 13.0 Å². The van der Waals surface area contributed by atoms with E-state index in [0.717, 1.165) is 24.5 Å². The number of rotatable bonds is 5. The van der Waals surface area contributed by atoms with Crippen molar-refractivity contribution in [1.82, 2.24) is 10.3 Å². The van der Waals surface area contributed by atoms with Gasteiger partial charge in [0.25, 0.3) is 0 Å². The van der Waals surface area contributed by atoms with Gasteiger partial charge in [-0.05, 0) is 25.5 Å². The summed E-state index contributed by atoms with van der Waals surface area (Å²) in [5, 5.41) is 2.87. The van der Waals surface area contributed by atoms with Crippen molar-refractivity contribution < 1.29 is 9.53 Å². The third-order valence-corrected chi connectivity index (χ3v) is 3.82. The van der Waals surface area contributed by atoms with Crippen molar-refractivity contribution in [3.05, 3.63) is 23.9 Å². The minimum absolute atomic E-state index is 0.0256. The third kappa shape index (κ3) is 4.42. The lowest BCUT2D eigenvalue weighted by molar-refractivity contribution is -0.124. The Hall–Kier alpha value is -1.66. The van der Waals surface area contributed by atoms with Crippen LogP contribution in [0.2, 0.25) is 0 Å². The molecule has 6 heteroatoms. The van der Waals surface area contributed by atoms with Crippen molar-refractivity contribution in [2.75, 3.05) is 24.5 Å². The van der Waals surface area contributed by atoms with Gasteiger partial charge in [-0.3, -0.25) is 4.79 Å². The molecule has 0 bridgehead atoms. The van der Waals surface area contributed by atoms with Crippen LogP contribution in [0.25, 0.3) is 0 Å². The van der Waals surface area contributed by atoms with Crippen LogP contribution in [0.15, 0.2) is 18.3 Å². The lowest BCUT2D eigenvalue weighted by Crippen LogP contribution is -2.45. The van der Waals surface area contributed by atoms with E-state index in [0.29, 0.717) is 13.1 Å². The molecule has 0 aromatic carbocycles. The largest absolute Gasteiger partial charge is 0.372 e. The van der Waals surface area contributed by atoms with Crippen LogP contribution in [0.5, 0.6) is 0 Å². The van der Waals surface area contributed by atoms with Gasteiger partial charge >= 0.3 is 0 Å². The summed E-state index contributed by atoms with van der Waals surface area (Å²) in [6, 6.07) is 4.00. The lowest BCUT2D eigenvalue weighted by atomic mass is 10.1. The summed E-state index contributed by atoms with van der Waals surface area (Å²) in [5.74, 6) is 0.762. The van der Waals surface area contributed by atoms with Gasteiger partial charge in [-0.15, -0.1) is 0 Å². The molecule has 0 spiro atoms. The van der Waals surface area contributed by atoms with E-state index in [9.17, 15) is 4.79 Å². The van der Waals surface area contributed by atoms with Crippen LogP contribution in [0.1, 0.15) is 26.3 Å². The third-order valence-electron chi connectivity index (χ3n) is 3.82. The summed E-state index contributed by atoms with van der Waals surface area (Å²) < 4.78 is 5.73. The van der Waals surface area contributed by atoms with Gasteiger partial charge in [0.2, 0.25) is 5.91 Å². The monoisotopic (exact) mass is 306 g/mol. The van der Waals surface area contributed by atoms with Gasteiger partial charge in [-0.2, -0.15) is 0 Å². The van der Waals surface area contributed by atoms with E-state index >= 15 is 0 Å². The Labute approximate surface area is 132 Å². The van der Waals surface area contributed by atoms with Gasteiger partial charge in [-0.25, -0.2) is 4.98 Å². The number of carbonyl (C=O) groups excluding carboxylic acids is 1. The molecule has 1 aliphatic heterocycles. The summed E-state index contributed by atoms with van der Waals surface area (Å²) in [5.41, 5.74) is 6.46. The maximum Gasteiger partial charge on any atom is 0.224 e. The highest BCUT2D eigenvalue weighted by Crippen LogP contribution is 2.18. The molecule has 122 valence electrons. The van der Waals surface area contributed by atoms with E-state index in [1.807, 2.05) is 25.3 Å². The van der Waals surface area contributed by atoms with Crippen LogP contribution < -0.4 is 16.0 Å². The number of amides is 1. The summed E-state index contributed by atoms with van der Waals surface area (Å²) in [6.45, 7) is 8.50. The van der Waals surface area contributed by atoms with Crippen LogP contribution in [0, 0.1) is 5.92 Å². The molecule has 2 rings (SSSR count). The molecule has 6 nitrogen and oxygen atoms in total. The van der Waals surface area contributed by atoms with Crippen LogP contribution in [-0.2, 0) is 16.1 Å². The van der Waals surface area contributed by atoms with E-state index in [1.165, 1.54) is 0 Å². The predicted molar refractivity (Wildman–Crippen MR) is 86.5 cm³/mol. The number of anilines is 1. The highest BCUT2D eigenvalue weighted by Gasteiger charge is 2.22. The number of ether oxygens (including phenoxy) is 1. The van der Waals surface area contributed by atoms with Crippen molar-refractivity contribution in [1.29, 1.82) is 0 Å². The number of nitrogens with one attached hydrogen (secondary N) is 1. The minimum atomic E-state index is -0.163. The minimum Gasteiger partial charge on any atom is -0.372 e. The predicted octanol–water partition coefficient (Wildman–Crippen LogP) is 0.906. The van der Waals surface area contributed by atoms with Crippen molar-refractivity contribution in [2.24, 2.45) is 11.7 Å². The summed E-state index contributed by atoms with van der Waals surface area (Å²) in [7, 11) is 0. The van der Waals surface area contributed by atoms with Crippen molar-refractivity contribution >= 4 is 11.7 Å². The molecule has 3 atom stereocenters. The number of pyridine rings is 1. The number of morpholine rings is 1. The molecule has 1 amide bonds. The van der Waals surface area contributed by atoms with Gasteiger partial charge in [0, 0.05) is 38.3 Å². The summed E-state index contributed by atoms with van der Waals surface area (Å²) >= 11 is 0. The Bertz CT molecular complexity index is 481. The Kier molecular flexibility index (Phi) is 5.74. The maximum absolute atomic E-state index is 11.7. The highest BCUT2D eigenvalue weighted by molar-refractivity contribution is 5.78. The van der Waals surface area contributed by atoms with Gasteiger partial charge in [0.1, 0.15) is 5.82 Å². The number of hydrogen-bond donors (Lipinski definition) is 2. The zero-order chi connectivity index (χ0) is 16.1. The second kappa shape index (κ2) is 7.56. The molecule has 1 fully saturated rings. The molecule has 1 aromatic heterocycles. The van der Waals surface area contributed by atoms with Crippen molar-refractivity contribution in [3.8, 4) is 0 Å². The lowest BCUT2D eigenvalue weighted by Gasteiger charge is -2.36. The molecule has 0 radical (unpaired) electrons. The van der Waals surface area contributed by atoms with Crippen LogP contribution >= 0.6 is 0 Å². The molecule has 22 heavy (non-hydrogen) atoms. The van der Waals surface area contributed by atoms with Crippen molar-refractivity contribution in [3.63, 3.8) is 0 Å². The maximum atomic E-state index is 11.7. The van der Waals surface area contributed by atoms with Gasteiger partial charge < -0.3 is 20.7 Å². The SMILES string of the molecule is CC1CN(c2ccc(CNC(=O)C(C)CN)cn2)CC(C)O1. The molecule has 0 aliphatic carbocycles. The molecular weight excluding hydrogens is 280 g/mol. The zero-order valence-corrected chi connectivity index (χ0v) is 13.6. The smallest absolute Gasteiger partial charge is 0.224 e. The molecule has 1 aromatic rings. The van der Waals surface area contributed by atoms with Crippen molar-refractivity contribution in [2.45, 2.75) is 39.5 Å². The second-order valence-electron chi connectivity index (χ2n) is 6.04. The normalized spacial score (nSPS) is 23.2. The van der Waals surface area contributed by atoms with E-state index < -0.39 is 0 Å². The van der Waals surface area contributed by atoms with Gasteiger partial charge in [0.05, 0.1) is 12.2 Å². The highest BCUT2D eigenvalue weighted by atomic mass is 16.5. The average molecular weight is 306 g/mol. The van der Waals surface area contributed by atoms with E-state index in [4.69, 9.17) is 10.5 Å². The van der Waals surface area contributed by atoms with E-state index in [1.54, 1.807) is 0 Å². The summed E-state index contributed by atoms with van der Waals surface area (Å²) in [6.07, 6.45) is 2.23. The first-order valence-corrected chi connectivity index (χ1v) is 7.82. The molecule has 2 heterocycles. The fraction of sp³-hybridized carbons (Fsp3) is 0.625. The Balaban J connectivity index is 1.91. The van der Waals surface area contributed by atoms with E-state index in [-0.39, 0.29) is 24.0 Å². The van der Waals surface area contributed by atoms with Crippen LogP contribution in [0.4, 0.5) is 5.82 Å². The first-order chi connectivity index (χ1) is 10.5. The Morgan fingerprint density at radius 2 is 2.14 bits per heavy atom. The zero-order valence-electron chi connectivity index (χ0n) is 13.6. The molecule has 3 N–H and O–H groups in total. The number of hydrogen-bond acceptors (Lipinski definition) is 5. The average Bonchev–Trinajstić information content (AvgIpc) is 2.51. The molecule has 3 unspecified atom stereocenters. The standard InChI is InChI=1S/C16H26N4O2/c1-11(6-17)16(21)19-8-14-4-5-15(18-7-14)20-9-12(2)22-13(3)10-20/h4-5,7,11-13H,6,8-10,17H2,1-3H3,(H,19,21). The number of nitrogens with two attached hydrogens (primary N) is 1. The molecular formula is C16H26N4O2. The first kappa shape index (κ1) is 16.7. The first-order valence-electron chi connectivity index (χ1n) is 7.82. The topological polar surface area (TPSA) is 80.5 Å². The molecule has 1 saturated heterocycles. The number of carbonyl (C=O) groups is 1. The number of aromatic nitrogens is 1. The Morgan fingerprint density at radius 3 is 2.68 bits per heavy atom. The molecule has 1 aliphatic rings. The number of nitrogens with zero attached hydrogens (tertiary/aromatic N) is 2. The quantitative estimate of drug-likeness (QED) is 0.845. The fourth-order valence-corrected chi connectivity index (χ4v) is 2.54. The molecule has 0 saturated carbocycles. The fourth-order valence-electron chi connectivity index (χ4n) is 2.54. The summed E-state index contributed by atoms with van der Waals surface area (Å²) in [4.78, 5) is 18.4. The Morgan fingerprint density at radius 1 is 1.45 bits per heavy atom. The van der Waals surface area contributed by atoms with E-state index in [2.05, 4.69) is 29.0 Å². The van der Waals surface area contributed by atoms with Gasteiger partial charge in [0.15, 0.2) is 0 Å².